The monoisotopic (exact) mass is 339 g/mol. The molecule has 0 fully saturated rings. The molecule has 0 aliphatic rings. The van der Waals surface area contributed by atoms with Crippen LogP contribution in [0.2, 0.25) is 0 Å². The number of anilines is 2. The van der Waals surface area contributed by atoms with Gasteiger partial charge >= 0.3 is 0 Å². The Morgan fingerprint density at radius 1 is 1.04 bits per heavy atom. The summed E-state index contributed by atoms with van der Waals surface area (Å²) >= 11 is 0. The highest BCUT2D eigenvalue weighted by Gasteiger charge is 2.10. The van der Waals surface area contributed by atoms with Gasteiger partial charge in [-0.25, -0.2) is 0 Å². The van der Waals surface area contributed by atoms with Crippen LogP contribution in [0.1, 0.15) is 46.5 Å². The molecule has 0 bridgehead atoms. The van der Waals surface area contributed by atoms with Crippen LogP contribution in [0.15, 0.2) is 42.5 Å². The predicted molar refractivity (Wildman–Crippen MR) is 101 cm³/mol. The van der Waals surface area contributed by atoms with Crippen LogP contribution in [0.25, 0.3) is 0 Å². The molecular weight excluding hydrogens is 314 g/mol. The first kappa shape index (κ1) is 18.5. The van der Waals surface area contributed by atoms with Crippen LogP contribution < -0.4 is 16.4 Å². The van der Waals surface area contributed by atoms with Crippen molar-refractivity contribution in [3.8, 4) is 0 Å². The van der Waals surface area contributed by atoms with Gasteiger partial charge < -0.3 is 16.4 Å². The van der Waals surface area contributed by atoms with E-state index in [4.69, 9.17) is 5.73 Å². The third-order valence-electron chi connectivity index (χ3n) is 3.95. The minimum absolute atomic E-state index is 0.0640. The van der Waals surface area contributed by atoms with Crippen molar-refractivity contribution in [2.24, 2.45) is 11.7 Å². The molecule has 132 valence electrons. The van der Waals surface area contributed by atoms with E-state index in [-0.39, 0.29) is 5.91 Å². The highest BCUT2D eigenvalue weighted by atomic mass is 16.2. The third-order valence-corrected chi connectivity index (χ3v) is 3.95. The van der Waals surface area contributed by atoms with Gasteiger partial charge in [-0.2, -0.15) is 0 Å². The van der Waals surface area contributed by atoms with Crippen molar-refractivity contribution in [3.63, 3.8) is 0 Å². The first-order chi connectivity index (χ1) is 11.9. The van der Waals surface area contributed by atoms with Crippen molar-refractivity contribution in [2.75, 3.05) is 11.9 Å². The molecule has 2 aromatic carbocycles. The van der Waals surface area contributed by atoms with E-state index in [1.54, 1.807) is 24.3 Å². The van der Waals surface area contributed by atoms with Gasteiger partial charge in [0.25, 0.3) is 5.91 Å². The number of amides is 2. The van der Waals surface area contributed by atoms with E-state index in [2.05, 4.69) is 24.5 Å². The van der Waals surface area contributed by atoms with Crippen LogP contribution in [-0.4, -0.2) is 18.4 Å². The Labute approximate surface area is 148 Å². The molecular formula is C20H25N3O2. The number of carbonyl (C=O) groups excluding carboxylic acids is 2. The first-order valence-corrected chi connectivity index (χ1v) is 8.42. The van der Waals surface area contributed by atoms with Crippen LogP contribution in [-0.2, 0) is 0 Å². The van der Waals surface area contributed by atoms with Crippen molar-refractivity contribution in [2.45, 2.75) is 27.2 Å². The Kier molecular flexibility index (Phi) is 6.17. The van der Waals surface area contributed by atoms with Gasteiger partial charge in [-0.15, -0.1) is 0 Å². The number of carbonyl (C=O) groups is 2. The maximum Gasteiger partial charge on any atom is 0.251 e. The molecule has 5 heteroatoms. The molecule has 0 aliphatic heterocycles. The number of nitrogens with two attached hydrogens (primary N) is 1. The maximum atomic E-state index is 12.4. The summed E-state index contributed by atoms with van der Waals surface area (Å²) in [6, 6.07) is 12.6. The van der Waals surface area contributed by atoms with Crippen molar-refractivity contribution in [1.82, 2.24) is 5.32 Å². The topological polar surface area (TPSA) is 84.2 Å². The molecule has 0 heterocycles. The molecule has 2 amide bonds. The van der Waals surface area contributed by atoms with E-state index in [0.29, 0.717) is 23.6 Å². The summed E-state index contributed by atoms with van der Waals surface area (Å²) in [6.07, 6.45) is 0.953. The highest BCUT2D eigenvalue weighted by Crippen LogP contribution is 2.20. The van der Waals surface area contributed by atoms with E-state index >= 15 is 0 Å². The number of hydrogen-bond donors (Lipinski definition) is 3. The van der Waals surface area contributed by atoms with Crippen LogP contribution in [0.5, 0.6) is 0 Å². The minimum Gasteiger partial charge on any atom is -0.366 e. The molecule has 0 saturated carbocycles. The van der Waals surface area contributed by atoms with Crippen LogP contribution in [0.3, 0.4) is 0 Å². The van der Waals surface area contributed by atoms with E-state index in [1.165, 1.54) is 0 Å². The summed E-state index contributed by atoms with van der Waals surface area (Å²) in [7, 11) is 0. The molecule has 25 heavy (non-hydrogen) atoms. The van der Waals surface area contributed by atoms with Crippen LogP contribution in [0.4, 0.5) is 11.4 Å². The fourth-order valence-corrected chi connectivity index (χ4v) is 2.40. The minimum atomic E-state index is -0.456. The number of hydrogen-bond acceptors (Lipinski definition) is 3. The van der Waals surface area contributed by atoms with Gasteiger partial charge in [0.15, 0.2) is 0 Å². The Morgan fingerprint density at radius 3 is 2.28 bits per heavy atom. The molecule has 0 saturated heterocycles. The Balaban J connectivity index is 2.09. The van der Waals surface area contributed by atoms with Crippen molar-refractivity contribution in [3.05, 3.63) is 59.2 Å². The number of nitrogens with one attached hydrogen (secondary N) is 2. The van der Waals surface area contributed by atoms with Crippen molar-refractivity contribution in [1.29, 1.82) is 0 Å². The van der Waals surface area contributed by atoms with Crippen molar-refractivity contribution < 1.29 is 9.59 Å². The molecule has 0 aromatic heterocycles. The zero-order valence-electron chi connectivity index (χ0n) is 14.9. The van der Waals surface area contributed by atoms with Gasteiger partial charge in [-0.05, 0) is 61.2 Å². The molecule has 0 radical (unpaired) electrons. The second kappa shape index (κ2) is 8.33. The number of aryl methyl sites for hydroxylation is 1. The molecule has 0 unspecified atom stereocenters. The predicted octanol–water partition coefficient (Wildman–Crippen LogP) is 3.61. The fourth-order valence-electron chi connectivity index (χ4n) is 2.40. The molecule has 2 aromatic rings. The lowest BCUT2D eigenvalue weighted by Crippen LogP contribution is -2.26. The normalized spacial score (nSPS) is 10.6. The van der Waals surface area contributed by atoms with Gasteiger partial charge in [0.05, 0.1) is 0 Å². The summed E-state index contributed by atoms with van der Waals surface area (Å²) < 4.78 is 0. The average Bonchev–Trinajstić information content (AvgIpc) is 2.56. The van der Waals surface area contributed by atoms with Gasteiger partial charge in [0.2, 0.25) is 5.91 Å². The lowest BCUT2D eigenvalue weighted by atomic mass is 10.1. The fraction of sp³-hybridized carbons (Fsp3) is 0.300. The number of benzene rings is 2. The largest absolute Gasteiger partial charge is 0.366 e. The zero-order valence-corrected chi connectivity index (χ0v) is 14.9. The molecule has 0 spiro atoms. The Morgan fingerprint density at radius 2 is 1.68 bits per heavy atom. The molecule has 2 rings (SSSR count). The van der Waals surface area contributed by atoms with Crippen molar-refractivity contribution >= 4 is 23.2 Å². The lowest BCUT2D eigenvalue weighted by Gasteiger charge is -2.12. The van der Waals surface area contributed by atoms with Gasteiger partial charge in [-0.1, -0.05) is 19.9 Å². The summed E-state index contributed by atoms with van der Waals surface area (Å²) in [5.74, 6) is 0.0332. The first-order valence-electron chi connectivity index (χ1n) is 8.42. The summed E-state index contributed by atoms with van der Waals surface area (Å²) in [6.45, 7) is 6.85. The summed E-state index contributed by atoms with van der Waals surface area (Å²) in [5, 5.41) is 6.20. The van der Waals surface area contributed by atoms with E-state index in [0.717, 1.165) is 23.4 Å². The quantitative estimate of drug-likeness (QED) is 0.720. The summed E-state index contributed by atoms with van der Waals surface area (Å²) in [4.78, 5) is 23.5. The Hall–Kier alpha value is -2.82. The molecule has 5 nitrogen and oxygen atoms in total. The van der Waals surface area contributed by atoms with E-state index < -0.39 is 5.91 Å². The summed E-state index contributed by atoms with van der Waals surface area (Å²) in [5.41, 5.74) is 8.91. The zero-order chi connectivity index (χ0) is 18.4. The second-order valence-corrected chi connectivity index (χ2v) is 6.53. The lowest BCUT2D eigenvalue weighted by molar-refractivity contribution is 0.0950. The van der Waals surface area contributed by atoms with Crippen LogP contribution >= 0.6 is 0 Å². The Bertz CT molecular complexity index is 752. The number of primary amides is 1. The van der Waals surface area contributed by atoms with Gasteiger partial charge in [0, 0.05) is 29.0 Å². The molecule has 0 atom stereocenters. The van der Waals surface area contributed by atoms with E-state index in [1.807, 2.05) is 25.1 Å². The second-order valence-electron chi connectivity index (χ2n) is 6.53. The standard InChI is InChI=1S/C20H25N3O2/c1-13(2)10-11-22-20(25)18-12-17(7-4-14(18)3)23-16-8-5-15(6-9-16)19(21)24/h4-9,12-13,23H,10-11H2,1-3H3,(H2,21,24)(H,22,25). The molecule has 0 aliphatic carbocycles. The average molecular weight is 339 g/mol. The molecule has 4 N–H and O–H groups in total. The SMILES string of the molecule is Cc1ccc(Nc2ccc(C(N)=O)cc2)cc1C(=O)NCCC(C)C. The van der Waals surface area contributed by atoms with E-state index in [9.17, 15) is 9.59 Å². The maximum absolute atomic E-state index is 12.4. The number of rotatable bonds is 7. The smallest absolute Gasteiger partial charge is 0.251 e. The third kappa shape index (κ3) is 5.35. The van der Waals surface area contributed by atoms with Gasteiger partial charge in [-0.3, -0.25) is 9.59 Å². The van der Waals surface area contributed by atoms with Gasteiger partial charge in [0.1, 0.15) is 0 Å². The van der Waals surface area contributed by atoms with Crippen LogP contribution in [0, 0.1) is 12.8 Å². The highest BCUT2D eigenvalue weighted by molar-refractivity contribution is 5.97.